The molecule has 0 saturated heterocycles. The summed E-state index contributed by atoms with van der Waals surface area (Å²) in [4.78, 5) is 0. The van der Waals surface area contributed by atoms with Crippen molar-refractivity contribution in [1.82, 2.24) is 0 Å². The topological polar surface area (TPSA) is 20.2 Å². The highest BCUT2D eigenvalue weighted by molar-refractivity contribution is 4.87. The van der Waals surface area contributed by atoms with Crippen molar-refractivity contribution >= 4 is 0 Å². The van der Waals surface area contributed by atoms with Crippen molar-refractivity contribution in [1.29, 1.82) is 0 Å². The zero-order valence-corrected chi connectivity index (χ0v) is 9.51. The lowest BCUT2D eigenvalue weighted by Crippen LogP contribution is -2.23. The van der Waals surface area contributed by atoms with Crippen molar-refractivity contribution in [2.75, 3.05) is 0 Å². The Morgan fingerprint density at radius 1 is 1.31 bits per heavy atom. The van der Waals surface area contributed by atoms with Crippen molar-refractivity contribution in [3.63, 3.8) is 0 Å². The average Bonchev–Trinajstić information content (AvgIpc) is 2.02. The third kappa shape index (κ3) is 5.87. The minimum Gasteiger partial charge on any atom is -0.393 e. The van der Waals surface area contributed by atoms with Crippen LogP contribution in [0.3, 0.4) is 0 Å². The van der Waals surface area contributed by atoms with Gasteiger partial charge < -0.3 is 5.11 Å². The molecule has 0 fully saturated rings. The molecular formula is C12H24O. The molecule has 0 aliphatic carbocycles. The highest BCUT2D eigenvalue weighted by Crippen LogP contribution is 2.19. The SMILES string of the molecule is C=C(C)CCCC(C)C(O)C(C)C. The molecule has 13 heavy (non-hydrogen) atoms. The summed E-state index contributed by atoms with van der Waals surface area (Å²) in [6.07, 6.45) is 3.20. The van der Waals surface area contributed by atoms with E-state index in [1.54, 1.807) is 0 Å². The lowest BCUT2D eigenvalue weighted by atomic mass is 9.90. The van der Waals surface area contributed by atoms with Crippen molar-refractivity contribution in [3.05, 3.63) is 12.2 Å². The first kappa shape index (κ1) is 12.7. The van der Waals surface area contributed by atoms with Gasteiger partial charge in [-0.3, -0.25) is 0 Å². The summed E-state index contributed by atoms with van der Waals surface area (Å²) in [5.74, 6) is 0.791. The van der Waals surface area contributed by atoms with E-state index in [4.69, 9.17) is 0 Å². The molecule has 0 rings (SSSR count). The second-order valence-corrected chi connectivity index (χ2v) is 4.56. The van der Waals surface area contributed by atoms with E-state index in [9.17, 15) is 5.11 Å². The second-order valence-electron chi connectivity index (χ2n) is 4.56. The summed E-state index contributed by atoms with van der Waals surface area (Å²) in [7, 11) is 0. The first-order valence-corrected chi connectivity index (χ1v) is 5.27. The standard InChI is InChI=1S/C12H24O/c1-9(2)7-6-8-11(5)12(13)10(3)4/h10-13H,1,6-8H2,2-5H3. The normalized spacial score (nSPS) is 15.8. The predicted octanol–water partition coefficient (Wildman–Crippen LogP) is 3.39. The summed E-state index contributed by atoms with van der Waals surface area (Å²) in [5.41, 5.74) is 1.24. The van der Waals surface area contributed by atoms with E-state index in [2.05, 4.69) is 34.3 Å². The van der Waals surface area contributed by atoms with Crippen LogP contribution in [-0.4, -0.2) is 11.2 Å². The number of allylic oxidation sites excluding steroid dienone is 1. The Bertz CT molecular complexity index is 149. The fraction of sp³-hybridized carbons (Fsp3) is 0.833. The maximum atomic E-state index is 9.74. The Labute approximate surface area is 82.9 Å². The largest absolute Gasteiger partial charge is 0.393 e. The lowest BCUT2D eigenvalue weighted by Gasteiger charge is -2.21. The fourth-order valence-corrected chi connectivity index (χ4v) is 1.55. The first-order valence-electron chi connectivity index (χ1n) is 5.27. The van der Waals surface area contributed by atoms with Gasteiger partial charge in [-0.25, -0.2) is 0 Å². The van der Waals surface area contributed by atoms with Crippen molar-refractivity contribution < 1.29 is 5.11 Å². The molecule has 0 amide bonds. The van der Waals surface area contributed by atoms with Crippen LogP contribution in [0.1, 0.15) is 47.0 Å². The van der Waals surface area contributed by atoms with E-state index in [1.807, 2.05) is 0 Å². The van der Waals surface area contributed by atoms with Gasteiger partial charge in [-0.1, -0.05) is 26.3 Å². The Hall–Kier alpha value is -0.300. The van der Waals surface area contributed by atoms with Crippen LogP contribution in [0.15, 0.2) is 12.2 Å². The molecule has 1 N–H and O–H groups in total. The van der Waals surface area contributed by atoms with Gasteiger partial charge in [0.25, 0.3) is 0 Å². The number of hydrogen-bond acceptors (Lipinski definition) is 1. The van der Waals surface area contributed by atoms with Gasteiger partial charge in [-0.15, -0.1) is 6.58 Å². The van der Waals surface area contributed by atoms with Crippen LogP contribution in [0.5, 0.6) is 0 Å². The maximum absolute atomic E-state index is 9.74. The van der Waals surface area contributed by atoms with Gasteiger partial charge in [-0.2, -0.15) is 0 Å². The number of aliphatic hydroxyl groups excluding tert-OH is 1. The fourth-order valence-electron chi connectivity index (χ4n) is 1.55. The Balaban J connectivity index is 3.61. The molecule has 1 nitrogen and oxygen atoms in total. The number of rotatable bonds is 6. The molecule has 0 aliphatic rings. The van der Waals surface area contributed by atoms with E-state index in [0.29, 0.717) is 11.8 Å². The number of hydrogen-bond donors (Lipinski definition) is 1. The molecule has 2 unspecified atom stereocenters. The molecule has 0 aromatic heterocycles. The van der Waals surface area contributed by atoms with Gasteiger partial charge in [0.2, 0.25) is 0 Å². The van der Waals surface area contributed by atoms with Crippen LogP contribution in [0.25, 0.3) is 0 Å². The molecule has 0 aromatic rings. The van der Waals surface area contributed by atoms with E-state index >= 15 is 0 Å². The molecule has 0 aromatic carbocycles. The molecule has 0 bridgehead atoms. The summed E-state index contributed by atoms with van der Waals surface area (Å²) in [6.45, 7) is 12.2. The van der Waals surface area contributed by atoms with Crippen molar-refractivity contribution in [2.45, 2.75) is 53.1 Å². The number of aliphatic hydroxyl groups is 1. The monoisotopic (exact) mass is 184 g/mol. The van der Waals surface area contributed by atoms with Crippen LogP contribution in [0, 0.1) is 11.8 Å². The van der Waals surface area contributed by atoms with Gasteiger partial charge in [0.15, 0.2) is 0 Å². The zero-order chi connectivity index (χ0) is 10.4. The van der Waals surface area contributed by atoms with Crippen LogP contribution in [0.4, 0.5) is 0 Å². The minimum absolute atomic E-state index is 0.148. The van der Waals surface area contributed by atoms with Gasteiger partial charge in [0.1, 0.15) is 0 Å². The zero-order valence-electron chi connectivity index (χ0n) is 9.51. The smallest absolute Gasteiger partial charge is 0.0588 e. The molecular weight excluding hydrogens is 160 g/mol. The summed E-state index contributed by atoms with van der Waals surface area (Å²) < 4.78 is 0. The maximum Gasteiger partial charge on any atom is 0.0588 e. The van der Waals surface area contributed by atoms with E-state index in [1.165, 1.54) is 5.57 Å². The highest BCUT2D eigenvalue weighted by atomic mass is 16.3. The molecule has 78 valence electrons. The van der Waals surface area contributed by atoms with Gasteiger partial charge in [0.05, 0.1) is 6.10 Å². The molecule has 2 atom stereocenters. The Kier molecular flexibility index (Phi) is 6.06. The Morgan fingerprint density at radius 2 is 1.85 bits per heavy atom. The average molecular weight is 184 g/mol. The van der Waals surface area contributed by atoms with Crippen LogP contribution >= 0.6 is 0 Å². The molecule has 0 saturated carbocycles. The second kappa shape index (κ2) is 6.20. The summed E-state index contributed by atoms with van der Waals surface area (Å²) >= 11 is 0. The molecule has 0 aliphatic heterocycles. The van der Waals surface area contributed by atoms with Crippen LogP contribution in [0.2, 0.25) is 0 Å². The van der Waals surface area contributed by atoms with Gasteiger partial charge in [-0.05, 0) is 38.0 Å². The van der Waals surface area contributed by atoms with E-state index < -0.39 is 0 Å². The van der Waals surface area contributed by atoms with E-state index in [-0.39, 0.29) is 6.10 Å². The van der Waals surface area contributed by atoms with Crippen LogP contribution < -0.4 is 0 Å². The van der Waals surface area contributed by atoms with Crippen molar-refractivity contribution in [3.8, 4) is 0 Å². The third-order valence-electron chi connectivity index (χ3n) is 2.53. The molecule has 0 spiro atoms. The van der Waals surface area contributed by atoms with Gasteiger partial charge in [0, 0.05) is 0 Å². The first-order chi connectivity index (χ1) is 5.95. The summed E-state index contributed by atoms with van der Waals surface area (Å²) in [6, 6.07) is 0. The van der Waals surface area contributed by atoms with Crippen molar-refractivity contribution in [2.24, 2.45) is 11.8 Å². The highest BCUT2D eigenvalue weighted by Gasteiger charge is 2.16. The Morgan fingerprint density at radius 3 is 2.23 bits per heavy atom. The lowest BCUT2D eigenvalue weighted by molar-refractivity contribution is 0.0676. The quantitative estimate of drug-likeness (QED) is 0.627. The predicted molar refractivity (Wildman–Crippen MR) is 58.7 cm³/mol. The minimum atomic E-state index is -0.148. The summed E-state index contributed by atoms with van der Waals surface area (Å²) in [5, 5.41) is 9.74. The van der Waals surface area contributed by atoms with Gasteiger partial charge >= 0.3 is 0 Å². The molecule has 1 heteroatoms. The van der Waals surface area contributed by atoms with Crippen LogP contribution in [-0.2, 0) is 0 Å². The third-order valence-corrected chi connectivity index (χ3v) is 2.53. The van der Waals surface area contributed by atoms with E-state index in [0.717, 1.165) is 19.3 Å². The molecule has 0 radical (unpaired) electrons. The molecule has 0 heterocycles.